The molecule has 20 heavy (non-hydrogen) atoms. The van der Waals surface area contributed by atoms with Crippen molar-refractivity contribution in [2.45, 2.75) is 33.2 Å². The van der Waals surface area contributed by atoms with Gasteiger partial charge < -0.3 is 10.5 Å². The SMILES string of the molecule is CCCOCCCn1nnnc1-c1c(C)cccc1N. The van der Waals surface area contributed by atoms with Crippen LogP contribution in [0.15, 0.2) is 18.2 Å². The monoisotopic (exact) mass is 275 g/mol. The van der Waals surface area contributed by atoms with Crippen LogP contribution in [0.3, 0.4) is 0 Å². The number of nitrogens with two attached hydrogens (primary N) is 1. The van der Waals surface area contributed by atoms with E-state index in [1.54, 1.807) is 4.68 Å². The molecule has 0 aliphatic heterocycles. The zero-order chi connectivity index (χ0) is 14.4. The average molecular weight is 275 g/mol. The first kappa shape index (κ1) is 14.5. The fraction of sp³-hybridized carbons (Fsp3) is 0.500. The van der Waals surface area contributed by atoms with Gasteiger partial charge in [-0.2, -0.15) is 0 Å². The van der Waals surface area contributed by atoms with Crippen LogP contribution in [-0.2, 0) is 11.3 Å². The molecule has 108 valence electrons. The van der Waals surface area contributed by atoms with E-state index in [1.165, 1.54) is 0 Å². The lowest BCUT2D eigenvalue weighted by Crippen LogP contribution is -2.08. The van der Waals surface area contributed by atoms with Crippen LogP contribution < -0.4 is 5.73 Å². The third kappa shape index (κ3) is 3.33. The van der Waals surface area contributed by atoms with Crippen molar-refractivity contribution in [3.63, 3.8) is 0 Å². The van der Waals surface area contributed by atoms with E-state index in [1.807, 2.05) is 25.1 Å². The summed E-state index contributed by atoms with van der Waals surface area (Å²) in [5.74, 6) is 0.719. The van der Waals surface area contributed by atoms with Crippen molar-refractivity contribution in [2.24, 2.45) is 0 Å². The lowest BCUT2D eigenvalue weighted by Gasteiger charge is -2.09. The van der Waals surface area contributed by atoms with Gasteiger partial charge >= 0.3 is 0 Å². The maximum Gasteiger partial charge on any atom is 0.184 e. The number of nitrogens with zero attached hydrogens (tertiary/aromatic N) is 4. The first-order chi connectivity index (χ1) is 9.74. The van der Waals surface area contributed by atoms with Crippen molar-refractivity contribution in [1.29, 1.82) is 0 Å². The molecule has 0 radical (unpaired) electrons. The summed E-state index contributed by atoms with van der Waals surface area (Å²) in [6, 6.07) is 5.81. The van der Waals surface area contributed by atoms with Crippen molar-refractivity contribution in [3.8, 4) is 11.4 Å². The third-order valence-electron chi connectivity index (χ3n) is 3.07. The number of aromatic nitrogens is 4. The quantitative estimate of drug-likeness (QED) is 0.618. The molecular formula is C14H21N5O. The molecule has 2 rings (SSSR count). The molecule has 6 heteroatoms. The number of hydrogen-bond acceptors (Lipinski definition) is 5. The molecule has 1 aromatic heterocycles. The van der Waals surface area contributed by atoms with E-state index in [-0.39, 0.29) is 0 Å². The van der Waals surface area contributed by atoms with Crippen molar-refractivity contribution in [3.05, 3.63) is 23.8 Å². The molecule has 0 unspecified atom stereocenters. The first-order valence-corrected chi connectivity index (χ1v) is 6.93. The van der Waals surface area contributed by atoms with Crippen molar-refractivity contribution < 1.29 is 4.74 Å². The second-order valence-electron chi connectivity index (χ2n) is 4.73. The van der Waals surface area contributed by atoms with E-state index in [2.05, 4.69) is 22.4 Å². The van der Waals surface area contributed by atoms with Gasteiger partial charge in [0.15, 0.2) is 5.82 Å². The minimum Gasteiger partial charge on any atom is -0.398 e. The number of hydrogen-bond donors (Lipinski definition) is 1. The van der Waals surface area contributed by atoms with Crippen LogP contribution in [-0.4, -0.2) is 33.4 Å². The Morgan fingerprint density at radius 1 is 1.30 bits per heavy atom. The summed E-state index contributed by atoms with van der Waals surface area (Å²) in [5, 5.41) is 11.9. The Kier molecular flexibility index (Phi) is 5.06. The summed E-state index contributed by atoms with van der Waals surface area (Å²) in [6.45, 7) is 6.35. The Balaban J connectivity index is 2.09. The van der Waals surface area contributed by atoms with Crippen LogP contribution in [0, 0.1) is 6.92 Å². The Bertz CT molecular complexity index is 532. The Morgan fingerprint density at radius 2 is 2.15 bits per heavy atom. The number of nitrogen functional groups attached to an aromatic ring is 1. The molecule has 1 heterocycles. The second-order valence-corrected chi connectivity index (χ2v) is 4.73. The van der Waals surface area contributed by atoms with Gasteiger partial charge in [-0.3, -0.25) is 0 Å². The fourth-order valence-corrected chi connectivity index (χ4v) is 2.09. The zero-order valence-corrected chi connectivity index (χ0v) is 12.0. The Labute approximate surface area is 118 Å². The van der Waals surface area contributed by atoms with E-state index >= 15 is 0 Å². The molecule has 0 spiro atoms. The summed E-state index contributed by atoms with van der Waals surface area (Å²) in [7, 11) is 0. The van der Waals surface area contributed by atoms with Crippen LogP contribution >= 0.6 is 0 Å². The number of tetrazole rings is 1. The Hall–Kier alpha value is -1.95. The van der Waals surface area contributed by atoms with Gasteiger partial charge in [0, 0.05) is 31.0 Å². The molecule has 0 fully saturated rings. The van der Waals surface area contributed by atoms with E-state index in [9.17, 15) is 0 Å². The lowest BCUT2D eigenvalue weighted by molar-refractivity contribution is 0.128. The van der Waals surface area contributed by atoms with Gasteiger partial charge in [0.25, 0.3) is 0 Å². The molecule has 0 saturated carbocycles. The van der Waals surface area contributed by atoms with E-state index in [4.69, 9.17) is 10.5 Å². The number of rotatable bonds is 7. The molecule has 0 aliphatic carbocycles. The first-order valence-electron chi connectivity index (χ1n) is 6.93. The number of ether oxygens (including phenoxy) is 1. The largest absolute Gasteiger partial charge is 0.398 e. The maximum absolute atomic E-state index is 6.04. The van der Waals surface area contributed by atoms with E-state index in [0.29, 0.717) is 5.69 Å². The minimum atomic E-state index is 0.697. The minimum absolute atomic E-state index is 0.697. The predicted octanol–water partition coefficient (Wildman–Crippen LogP) is 2.05. The van der Waals surface area contributed by atoms with Gasteiger partial charge in [0.05, 0.1) is 0 Å². The van der Waals surface area contributed by atoms with Gasteiger partial charge in [0.2, 0.25) is 0 Å². The van der Waals surface area contributed by atoms with E-state index < -0.39 is 0 Å². The van der Waals surface area contributed by atoms with Gasteiger partial charge in [-0.15, -0.1) is 5.10 Å². The lowest BCUT2D eigenvalue weighted by atomic mass is 10.1. The smallest absolute Gasteiger partial charge is 0.184 e. The zero-order valence-electron chi connectivity index (χ0n) is 12.0. The van der Waals surface area contributed by atoms with Gasteiger partial charge in [-0.1, -0.05) is 19.1 Å². The molecule has 0 aliphatic rings. The molecule has 2 aromatic rings. The predicted molar refractivity (Wildman–Crippen MR) is 78.1 cm³/mol. The maximum atomic E-state index is 6.04. The van der Waals surface area contributed by atoms with Crippen molar-refractivity contribution in [2.75, 3.05) is 18.9 Å². The number of anilines is 1. The standard InChI is InChI=1S/C14H21N5O/c1-3-9-20-10-5-8-19-14(16-17-18-19)13-11(2)6-4-7-12(13)15/h4,6-7H,3,5,8-10,15H2,1-2H3. The van der Waals surface area contributed by atoms with Gasteiger partial charge in [0.1, 0.15) is 0 Å². The molecular weight excluding hydrogens is 254 g/mol. The molecule has 1 aromatic carbocycles. The second kappa shape index (κ2) is 7.00. The van der Waals surface area contributed by atoms with Crippen LogP contribution in [0.25, 0.3) is 11.4 Å². The van der Waals surface area contributed by atoms with Crippen LogP contribution in [0.5, 0.6) is 0 Å². The van der Waals surface area contributed by atoms with Gasteiger partial charge in [-0.25, -0.2) is 4.68 Å². The molecule has 2 N–H and O–H groups in total. The molecule has 6 nitrogen and oxygen atoms in total. The highest BCUT2D eigenvalue weighted by molar-refractivity contribution is 5.74. The van der Waals surface area contributed by atoms with Crippen LogP contribution in [0.4, 0.5) is 5.69 Å². The van der Waals surface area contributed by atoms with Crippen molar-refractivity contribution >= 4 is 5.69 Å². The summed E-state index contributed by atoms with van der Waals surface area (Å²) >= 11 is 0. The van der Waals surface area contributed by atoms with Crippen LogP contribution in [0.2, 0.25) is 0 Å². The highest BCUT2D eigenvalue weighted by atomic mass is 16.5. The number of aryl methyl sites for hydroxylation is 2. The fourth-order valence-electron chi connectivity index (χ4n) is 2.09. The Morgan fingerprint density at radius 3 is 2.90 bits per heavy atom. The molecule has 0 saturated heterocycles. The molecule has 0 bridgehead atoms. The summed E-state index contributed by atoms with van der Waals surface area (Å²) < 4.78 is 7.25. The molecule has 0 atom stereocenters. The summed E-state index contributed by atoms with van der Waals surface area (Å²) in [6.07, 6.45) is 1.92. The van der Waals surface area contributed by atoms with Crippen molar-refractivity contribution in [1.82, 2.24) is 20.2 Å². The van der Waals surface area contributed by atoms with E-state index in [0.717, 1.165) is 49.6 Å². The summed E-state index contributed by atoms with van der Waals surface area (Å²) in [4.78, 5) is 0. The summed E-state index contributed by atoms with van der Waals surface area (Å²) in [5.41, 5.74) is 8.72. The average Bonchev–Trinajstić information content (AvgIpc) is 2.87. The third-order valence-corrected chi connectivity index (χ3v) is 3.07. The topological polar surface area (TPSA) is 78.8 Å². The highest BCUT2D eigenvalue weighted by Gasteiger charge is 2.13. The van der Waals surface area contributed by atoms with Gasteiger partial charge in [-0.05, 0) is 41.8 Å². The highest BCUT2D eigenvalue weighted by Crippen LogP contribution is 2.26. The number of benzene rings is 1. The molecule has 0 amide bonds. The van der Waals surface area contributed by atoms with Crippen LogP contribution in [0.1, 0.15) is 25.3 Å². The normalized spacial score (nSPS) is 10.9.